The molecule has 0 saturated carbocycles. The van der Waals surface area contributed by atoms with E-state index in [1.807, 2.05) is 0 Å². The zero-order valence-corrected chi connectivity index (χ0v) is 29.2. The molecule has 0 bridgehead atoms. The maximum absolute atomic E-state index is 12.7. The van der Waals surface area contributed by atoms with Crippen LogP contribution in [0.25, 0.3) is 0 Å². The Kier molecular flexibility index (Phi) is 13.9. The van der Waals surface area contributed by atoms with Crippen molar-refractivity contribution in [2.45, 2.75) is 110 Å². The van der Waals surface area contributed by atoms with Crippen LogP contribution in [0.2, 0.25) is 0 Å². The van der Waals surface area contributed by atoms with Crippen molar-refractivity contribution in [3.05, 3.63) is 42.2 Å². The number of aliphatic hydroxyl groups excluding tert-OH is 7. The second-order valence-corrected chi connectivity index (χ2v) is 14.0. The van der Waals surface area contributed by atoms with Crippen molar-refractivity contribution in [3.63, 3.8) is 0 Å². The smallest absolute Gasteiger partial charge is 0.359 e. The molecule has 21 nitrogen and oxygen atoms in total. The summed E-state index contributed by atoms with van der Waals surface area (Å²) < 4.78 is 18.0. The van der Waals surface area contributed by atoms with Crippen molar-refractivity contribution in [2.24, 2.45) is 0 Å². The van der Waals surface area contributed by atoms with Gasteiger partial charge in [-0.3, -0.25) is 9.59 Å². The van der Waals surface area contributed by atoms with E-state index in [-0.39, 0.29) is 5.69 Å². The molecule has 11 N–H and O–H groups in total. The summed E-state index contributed by atoms with van der Waals surface area (Å²) in [5.74, 6) is -4.55. The number of carbonyl (C=O) groups excluding carboxylic acids is 2. The molecule has 0 radical (unpaired) electrons. The van der Waals surface area contributed by atoms with Gasteiger partial charge < -0.3 is 70.8 Å². The predicted molar refractivity (Wildman–Crippen MR) is 175 cm³/mol. The second kappa shape index (κ2) is 17.6. The number of aliphatic hydroxyl groups is 7. The number of nitrogens with zero attached hydrogens (tertiary/aromatic N) is 3. The first kappa shape index (κ1) is 41.9. The minimum Gasteiger partial charge on any atom is -0.478 e. The summed E-state index contributed by atoms with van der Waals surface area (Å²) in [6.45, 7) is -0.254. The fourth-order valence-electron chi connectivity index (χ4n) is 6.17. The van der Waals surface area contributed by atoms with Crippen molar-refractivity contribution >= 4 is 35.5 Å². The minimum absolute atomic E-state index is 0.131. The van der Waals surface area contributed by atoms with Gasteiger partial charge in [-0.05, 0) is 12.1 Å². The van der Waals surface area contributed by atoms with Crippen molar-refractivity contribution < 1.29 is 79.3 Å². The SMILES string of the molecule is CC(=O)N[C@H]1[C@H]([C@H](O)[C@H](O)CO)O[C@](C(=O)O)(n2cc(CO[C@H](CO)[C@@H](O)[C@@H]3O[C@@](Sc4ccccc4)(C(=O)O)C[C@H](O)[C@H]3NC(C)=O)nn2)C[C@@H]1O. The Morgan fingerprint density at radius 1 is 0.906 bits per heavy atom. The van der Waals surface area contributed by atoms with Crippen LogP contribution in [0.5, 0.6) is 0 Å². The number of hydrogen-bond acceptors (Lipinski definition) is 17. The van der Waals surface area contributed by atoms with Crippen LogP contribution in [0.1, 0.15) is 32.4 Å². The summed E-state index contributed by atoms with van der Waals surface area (Å²) in [5, 5.41) is 107. The molecule has 22 heteroatoms. The topological polar surface area (TPSA) is 333 Å². The Labute approximate surface area is 305 Å². The van der Waals surface area contributed by atoms with Gasteiger partial charge in [-0.15, -0.1) is 5.10 Å². The first-order chi connectivity index (χ1) is 25.0. The number of benzene rings is 1. The highest BCUT2D eigenvalue weighted by Crippen LogP contribution is 2.44. The van der Waals surface area contributed by atoms with Crippen LogP contribution in [0.4, 0.5) is 0 Å². The molecular weight excluding hydrogens is 730 g/mol. The Morgan fingerprint density at radius 3 is 2.02 bits per heavy atom. The van der Waals surface area contributed by atoms with Gasteiger partial charge in [0.15, 0.2) is 0 Å². The number of nitrogens with one attached hydrogen (secondary N) is 2. The zero-order valence-electron chi connectivity index (χ0n) is 28.4. The van der Waals surface area contributed by atoms with E-state index in [9.17, 15) is 65.1 Å². The van der Waals surface area contributed by atoms with Gasteiger partial charge in [0.25, 0.3) is 5.72 Å². The van der Waals surface area contributed by atoms with Gasteiger partial charge in [-0.25, -0.2) is 14.3 Å². The molecule has 4 rings (SSSR count). The number of hydrogen-bond donors (Lipinski definition) is 11. The summed E-state index contributed by atoms with van der Waals surface area (Å²) in [6, 6.07) is 5.45. The van der Waals surface area contributed by atoms with Crippen LogP contribution in [0.3, 0.4) is 0 Å². The van der Waals surface area contributed by atoms with E-state index >= 15 is 0 Å². The lowest BCUT2D eigenvalue weighted by molar-refractivity contribution is -0.258. The lowest BCUT2D eigenvalue weighted by Gasteiger charge is -2.47. The van der Waals surface area contributed by atoms with Crippen LogP contribution in [-0.4, -0.2) is 164 Å². The highest BCUT2D eigenvalue weighted by Gasteiger charge is 2.57. The van der Waals surface area contributed by atoms with E-state index in [2.05, 4.69) is 20.9 Å². The molecule has 2 aliphatic rings. The van der Waals surface area contributed by atoms with Crippen molar-refractivity contribution in [3.8, 4) is 0 Å². The molecule has 1 aromatic heterocycles. The van der Waals surface area contributed by atoms with E-state index in [1.54, 1.807) is 30.3 Å². The molecule has 0 unspecified atom stereocenters. The third-order valence-corrected chi connectivity index (χ3v) is 10.0. The summed E-state index contributed by atoms with van der Waals surface area (Å²) >= 11 is 0.751. The van der Waals surface area contributed by atoms with Gasteiger partial charge in [0.05, 0.1) is 50.3 Å². The van der Waals surface area contributed by atoms with E-state index < -0.39 is 128 Å². The maximum Gasteiger partial charge on any atom is 0.359 e. The molecule has 2 aliphatic heterocycles. The van der Waals surface area contributed by atoms with Gasteiger partial charge in [0, 0.05) is 31.6 Å². The van der Waals surface area contributed by atoms with Crippen LogP contribution in [0, 0.1) is 0 Å². The lowest BCUT2D eigenvalue weighted by Crippen LogP contribution is -2.67. The molecule has 3 heterocycles. The number of carbonyl (C=O) groups is 4. The molecule has 294 valence electrons. The van der Waals surface area contributed by atoms with Crippen molar-refractivity contribution in [2.75, 3.05) is 13.2 Å². The molecular formula is C31H43N5O16S. The number of aromatic nitrogens is 3. The summed E-state index contributed by atoms with van der Waals surface area (Å²) in [6.07, 6.45) is -14.3. The summed E-state index contributed by atoms with van der Waals surface area (Å²) in [5.41, 5.74) is -2.72. The Morgan fingerprint density at radius 2 is 1.49 bits per heavy atom. The Hall–Kier alpha value is -3.81. The monoisotopic (exact) mass is 773 g/mol. The normalized spacial score (nSPS) is 31.1. The maximum atomic E-state index is 12.7. The number of carboxylic acids is 2. The van der Waals surface area contributed by atoms with Crippen LogP contribution in [0.15, 0.2) is 41.4 Å². The third kappa shape index (κ3) is 9.29. The molecule has 2 aromatic rings. The molecule has 2 fully saturated rings. The fourth-order valence-corrected chi connectivity index (χ4v) is 7.34. The van der Waals surface area contributed by atoms with Gasteiger partial charge in [-0.1, -0.05) is 35.2 Å². The van der Waals surface area contributed by atoms with Crippen molar-refractivity contribution in [1.29, 1.82) is 0 Å². The Bertz CT molecular complexity index is 1590. The van der Waals surface area contributed by atoms with Gasteiger partial charge in [-0.2, -0.15) is 0 Å². The molecule has 2 amide bonds. The lowest BCUT2D eigenvalue weighted by atomic mass is 9.87. The first-order valence-corrected chi connectivity index (χ1v) is 17.1. The number of rotatable bonds is 16. The number of amides is 2. The number of carboxylic acid groups (broad SMARTS) is 2. The standard InChI is InChI=1S/C31H43N5O16S/c1-14(39)32-22-18(41)8-30(28(46)47,51-26(22)24(44)20(43)11-37)36-10-16(34-35-36)13-50-21(12-38)25(45)27-23(33-15(2)40)19(42)9-31(52-27,29(48)49)53-17-6-4-3-5-7-17/h3-7,10,18-27,37-38,41-45H,8-9,11-13H2,1-2H3,(H,32,39)(H,33,40)(H,46,47)(H,48,49)/t18-,19-,20+,21+,22+,23+,24+,25+,26+,27+,30+,31-/m0/s1. The number of thioether (sulfide) groups is 1. The molecule has 12 atom stereocenters. The molecule has 0 aliphatic carbocycles. The molecule has 0 spiro atoms. The van der Waals surface area contributed by atoms with E-state index in [4.69, 9.17) is 14.2 Å². The van der Waals surface area contributed by atoms with Gasteiger partial charge in [0.1, 0.15) is 42.3 Å². The van der Waals surface area contributed by atoms with Crippen LogP contribution in [-0.2, 0) is 45.7 Å². The average Bonchev–Trinajstić information content (AvgIpc) is 3.59. The second-order valence-electron chi connectivity index (χ2n) is 12.6. The van der Waals surface area contributed by atoms with E-state index in [0.29, 0.717) is 9.58 Å². The highest BCUT2D eigenvalue weighted by atomic mass is 32.2. The van der Waals surface area contributed by atoms with Crippen molar-refractivity contribution in [1.82, 2.24) is 25.6 Å². The summed E-state index contributed by atoms with van der Waals surface area (Å²) in [4.78, 5) is 47.5. The van der Waals surface area contributed by atoms with E-state index in [1.165, 1.54) is 0 Å². The predicted octanol–water partition coefficient (Wildman–Crippen LogP) is -4.15. The Balaban J connectivity index is 1.58. The number of ether oxygens (including phenoxy) is 3. The molecule has 1 aromatic carbocycles. The third-order valence-electron chi connectivity index (χ3n) is 8.76. The van der Waals surface area contributed by atoms with Gasteiger partial charge >= 0.3 is 11.9 Å². The average molecular weight is 774 g/mol. The number of aliphatic carboxylic acids is 2. The van der Waals surface area contributed by atoms with Crippen LogP contribution >= 0.6 is 11.8 Å². The minimum atomic E-state index is -2.59. The fraction of sp³-hybridized carbons (Fsp3) is 0.613. The largest absolute Gasteiger partial charge is 0.478 e. The highest BCUT2D eigenvalue weighted by molar-refractivity contribution is 8.01. The first-order valence-electron chi connectivity index (χ1n) is 16.2. The van der Waals surface area contributed by atoms with Gasteiger partial charge in [0.2, 0.25) is 16.7 Å². The zero-order chi connectivity index (χ0) is 39.2. The molecule has 2 saturated heterocycles. The molecule has 53 heavy (non-hydrogen) atoms. The quantitative estimate of drug-likeness (QED) is 0.0771. The van der Waals surface area contributed by atoms with E-state index in [0.717, 1.165) is 31.8 Å². The van der Waals surface area contributed by atoms with Crippen LogP contribution < -0.4 is 10.6 Å². The summed E-state index contributed by atoms with van der Waals surface area (Å²) in [7, 11) is 0.